The van der Waals surface area contributed by atoms with E-state index in [2.05, 4.69) is 9.71 Å². The summed E-state index contributed by atoms with van der Waals surface area (Å²) in [5, 5.41) is 0.198. The summed E-state index contributed by atoms with van der Waals surface area (Å²) in [6.45, 7) is 1.08. The molecule has 0 saturated carbocycles. The first kappa shape index (κ1) is 15.0. The van der Waals surface area contributed by atoms with Crippen LogP contribution in [0.25, 0.3) is 0 Å². The van der Waals surface area contributed by atoms with E-state index in [1.54, 1.807) is 0 Å². The largest absolute Gasteiger partial charge is 0.378 e. The van der Waals surface area contributed by atoms with Gasteiger partial charge in [0.15, 0.2) is 0 Å². The van der Waals surface area contributed by atoms with Crippen molar-refractivity contribution in [1.29, 1.82) is 0 Å². The number of nitrogens with one attached hydrogen (secondary N) is 1. The highest BCUT2D eigenvalue weighted by atomic mass is 35.5. The second-order valence-electron chi connectivity index (χ2n) is 4.27. The molecule has 5 nitrogen and oxygen atoms in total. The van der Waals surface area contributed by atoms with Crippen LogP contribution in [-0.2, 0) is 14.8 Å². The molecule has 0 spiro atoms. The van der Waals surface area contributed by atoms with Crippen LogP contribution in [0, 0.1) is 0 Å². The molecule has 1 aromatic rings. The molecule has 1 N–H and O–H groups in total. The van der Waals surface area contributed by atoms with Crippen molar-refractivity contribution in [3.05, 3.63) is 22.4 Å². The van der Waals surface area contributed by atoms with Crippen LogP contribution in [0.5, 0.6) is 0 Å². The standard InChI is InChI=1S/C11H14Cl2N2O3S/c12-10-6-9(7-14-11(10)13)19(16,17)15-4-3-8-2-1-5-18-8/h6-8,15H,1-5H2. The Hall–Kier alpha value is -0.400. The fraction of sp³-hybridized carbons (Fsp3) is 0.545. The number of sulfonamides is 1. The number of halogens is 2. The lowest BCUT2D eigenvalue weighted by atomic mass is 10.2. The smallest absolute Gasteiger partial charge is 0.242 e. The number of aromatic nitrogens is 1. The van der Waals surface area contributed by atoms with E-state index >= 15 is 0 Å². The molecule has 2 heterocycles. The number of hydrogen-bond acceptors (Lipinski definition) is 4. The minimum absolute atomic E-state index is 0.00856. The van der Waals surface area contributed by atoms with Crippen molar-refractivity contribution in [2.24, 2.45) is 0 Å². The molecule has 8 heteroatoms. The predicted molar refractivity (Wildman–Crippen MR) is 73.0 cm³/mol. The van der Waals surface area contributed by atoms with Crippen molar-refractivity contribution in [1.82, 2.24) is 9.71 Å². The first-order valence-electron chi connectivity index (χ1n) is 5.91. The zero-order valence-corrected chi connectivity index (χ0v) is 12.4. The molecule has 1 atom stereocenters. The van der Waals surface area contributed by atoms with E-state index in [0.717, 1.165) is 19.4 Å². The zero-order valence-electron chi connectivity index (χ0n) is 10.1. The summed E-state index contributed by atoms with van der Waals surface area (Å²) in [7, 11) is -3.60. The van der Waals surface area contributed by atoms with Crippen LogP contribution in [0.1, 0.15) is 19.3 Å². The molecule has 0 radical (unpaired) electrons. The predicted octanol–water partition coefficient (Wildman–Crippen LogP) is 2.24. The molecular weight excluding hydrogens is 311 g/mol. The van der Waals surface area contributed by atoms with E-state index in [1.807, 2.05) is 0 Å². The molecular formula is C11H14Cl2N2O3S. The zero-order chi connectivity index (χ0) is 13.9. The van der Waals surface area contributed by atoms with Crippen LogP contribution in [0.2, 0.25) is 10.2 Å². The van der Waals surface area contributed by atoms with E-state index in [9.17, 15) is 8.42 Å². The number of ether oxygens (including phenoxy) is 1. The van der Waals surface area contributed by atoms with E-state index in [-0.39, 0.29) is 21.2 Å². The second-order valence-corrected chi connectivity index (χ2v) is 6.80. The van der Waals surface area contributed by atoms with Crippen LogP contribution in [0.4, 0.5) is 0 Å². The molecule has 1 saturated heterocycles. The SMILES string of the molecule is O=S(=O)(NCCC1CCCO1)c1cnc(Cl)c(Cl)c1. The van der Waals surface area contributed by atoms with Gasteiger partial charge in [0.05, 0.1) is 11.1 Å². The fourth-order valence-electron chi connectivity index (χ4n) is 1.86. The van der Waals surface area contributed by atoms with Gasteiger partial charge in [-0.15, -0.1) is 0 Å². The van der Waals surface area contributed by atoms with Gasteiger partial charge < -0.3 is 4.74 Å². The summed E-state index contributed by atoms with van der Waals surface area (Å²) in [6, 6.07) is 1.28. The van der Waals surface area contributed by atoms with E-state index in [0.29, 0.717) is 13.0 Å². The highest BCUT2D eigenvalue weighted by molar-refractivity contribution is 7.89. The fourth-order valence-corrected chi connectivity index (χ4v) is 3.21. The first-order valence-corrected chi connectivity index (χ1v) is 8.15. The Labute approximate surface area is 122 Å². The molecule has 0 aliphatic carbocycles. The Morgan fingerprint density at radius 1 is 1.47 bits per heavy atom. The highest BCUT2D eigenvalue weighted by Gasteiger charge is 2.19. The number of pyridine rings is 1. The van der Waals surface area contributed by atoms with E-state index in [4.69, 9.17) is 27.9 Å². The molecule has 1 aromatic heterocycles. The molecule has 1 fully saturated rings. The summed E-state index contributed by atoms with van der Waals surface area (Å²) in [5.41, 5.74) is 0. The maximum atomic E-state index is 12.0. The Kier molecular flexibility index (Phi) is 5.03. The van der Waals surface area contributed by atoms with Crippen molar-refractivity contribution >= 4 is 33.2 Å². The van der Waals surface area contributed by atoms with Crippen molar-refractivity contribution in [2.45, 2.75) is 30.3 Å². The third kappa shape index (κ3) is 4.03. The van der Waals surface area contributed by atoms with Gasteiger partial charge in [-0.3, -0.25) is 0 Å². The van der Waals surface area contributed by atoms with Crippen molar-refractivity contribution in [2.75, 3.05) is 13.2 Å². The van der Waals surface area contributed by atoms with Gasteiger partial charge in [0.1, 0.15) is 10.0 Å². The van der Waals surface area contributed by atoms with Gasteiger partial charge in [-0.25, -0.2) is 18.1 Å². The van der Waals surface area contributed by atoms with Crippen molar-refractivity contribution < 1.29 is 13.2 Å². The van der Waals surface area contributed by atoms with Crippen LogP contribution in [-0.4, -0.2) is 32.7 Å². The summed E-state index contributed by atoms with van der Waals surface area (Å²) < 4.78 is 31.9. The van der Waals surface area contributed by atoms with Gasteiger partial charge in [0, 0.05) is 19.3 Å². The molecule has 1 unspecified atom stereocenters. The maximum Gasteiger partial charge on any atom is 0.242 e. The third-order valence-corrected chi connectivity index (χ3v) is 4.98. The lowest BCUT2D eigenvalue weighted by molar-refractivity contribution is 0.105. The van der Waals surface area contributed by atoms with Gasteiger partial charge in [0.25, 0.3) is 0 Å². The minimum atomic E-state index is -3.60. The Morgan fingerprint density at radius 2 is 2.26 bits per heavy atom. The van der Waals surface area contributed by atoms with Crippen LogP contribution in [0.3, 0.4) is 0 Å². The lowest BCUT2D eigenvalue weighted by Gasteiger charge is -2.10. The average Bonchev–Trinajstić information content (AvgIpc) is 2.85. The van der Waals surface area contributed by atoms with Gasteiger partial charge in [-0.2, -0.15) is 0 Å². The Balaban J connectivity index is 1.95. The molecule has 1 aliphatic rings. The van der Waals surface area contributed by atoms with Gasteiger partial charge >= 0.3 is 0 Å². The quantitative estimate of drug-likeness (QED) is 0.843. The van der Waals surface area contributed by atoms with Crippen molar-refractivity contribution in [3.8, 4) is 0 Å². The monoisotopic (exact) mass is 324 g/mol. The van der Waals surface area contributed by atoms with Gasteiger partial charge in [0.2, 0.25) is 10.0 Å². The Bertz CT molecular complexity index is 545. The number of rotatable bonds is 5. The average molecular weight is 325 g/mol. The molecule has 0 bridgehead atoms. The van der Waals surface area contributed by atoms with E-state index < -0.39 is 10.0 Å². The lowest BCUT2D eigenvalue weighted by Crippen LogP contribution is -2.27. The summed E-state index contributed by atoms with van der Waals surface area (Å²) in [6.07, 6.45) is 4.01. The topological polar surface area (TPSA) is 68.3 Å². The maximum absolute atomic E-state index is 12.0. The molecule has 0 aromatic carbocycles. The van der Waals surface area contributed by atoms with Gasteiger partial charge in [-0.1, -0.05) is 23.2 Å². The minimum Gasteiger partial charge on any atom is -0.378 e. The number of nitrogens with zero attached hydrogens (tertiary/aromatic N) is 1. The highest BCUT2D eigenvalue weighted by Crippen LogP contribution is 2.22. The molecule has 1 aliphatic heterocycles. The van der Waals surface area contributed by atoms with Crippen molar-refractivity contribution in [3.63, 3.8) is 0 Å². The van der Waals surface area contributed by atoms with Crippen LogP contribution < -0.4 is 4.72 Å². The van der Waals surface area contributed by atoms with Gasteiger partial charge in [-0.05, 0) is 25.3 Å². The Morgan fingerprint density at radius 3 is 2.89 bits per heavy atom. The third-order valence-electron chi connectivity index (χ3n) is 2.86. The molecule has 19 heavy (non-hydrogen) atoms. The van der Waals surface area contributed by atoms with E-state index in [1.165, 1.54) is 12.3 Å². The number of hydrogen-bond donors (Lipinski definition) is 1. The van der Waals surface area contributed by atoms with Crippen LogP contribution in [0.15, 0.2) is 17.2 Å². The molecule has 2 rings (SSSR count). The summed E-state index contributed by atoms with van der Waals surface area (Å²) in [5.74, 6) is 0. The summed E-state index contributed by atoms with van der Waals surface area (Å²) in [4.78, 5) is 3.73. The molecule has 106 valence electrons. The second kappa shape index (κ2) is 6.37. The first-order chi connectivity index (χ1) is 8.99. The summed E-state index contributed by atoms with van der Waals surface area (Å²) >= 11 is 11.4. The molecule has 0 amide bonds. The normalized spacial score (nSPS) is 19.8. The van der Waals surface area contributed by atoms with Crippen LogP contribution >= 0.6 is 23.2 Å².